The zero-order chi connectivity index (χ0) is 57.1. The number of aliphatic hydroxyl groups is 2. The molecule has 19 nitrogen and oxygen atoms in total. The summed E-state index contributed by atoms with van der Waals surface area (Å²) in [4.78, 5) is 89.4. The fourth-order valence-corrected chi connectivity index (χ4v) is 8.71. The van der Waals surface area contributed by atoms with E-state index in [1.54, 1.807) is 11.9 Å². The van der Waals surface area contributed by atoms with E-state index in [0.29, 0.717) is 12.1 Å². The lowest BCUT2D eigenvalue weighted by Gasteiger charge is -2.42. The Bertz CT molecular complexity index is 2860. The van der Waals surface area contributed by atoms with Crippen molar-refractivity contribution in [1.29, 1.82) is 10.5 Å². The molecule has 4 N–H and O–H groups in total. The monoisotopic (exact) mass is 1090 g/mol. The van der Waals surface area contributed by atoms with Crippen molar-refractivity contribution in [3.63, 3.8) is 0 Å². The van der Waals surface area contributed by atoms with E-state index in [1.807, 2.05) is 12.1 Å². The van der Waals surface area contributed by atoms with Crippen LogP contribution in [0.5, 0.6) is 0 Å². The number of nitriles is 2. The highest BCUT2D eigenvalue weighted by Crippen LogP contribution is 2.43. The smallest absolute Gasteiger partial charge is 0.416 e. The average molecular weight is 1090 g/mol. The van der Waals surface area contributed by atoms with Crippen LogP contribution >= 0.6 is 0 Å². The number of rotatable bonds is 20. The van der Waals surface area contributed by atoms with Crippen LogP contribution in [0.4, 0.5) is 47.3 Å². The quantitative estimate of drug-likeness (QED) is 0.0594. The minimum Gasteiger partial charge on any atom is -0.460 e. The first-order valence-electron chi connectivity index (χ1n) is 23.8. The molecule has 2 aliphatic rings. The predicted octanol–water partition coefficient (Wildman–Crippen LogP) is 5.92. The van der Waals surface area contributed by atoms with E-state index in [-0.39, 0.29) is 82.3 Å². The maximum absolute atomic E-state index is 14.5. The second-order valence-corrected chi connectivity index (χ2v) is 17.6. The molecule has 0 bridgehead atoms. The number of halogens is 6. The number of benzene rings is 4. The molecule has 0 saturated heterocycles. The van der Waals surface area contributed by atoms with Crippen LogP contribution in [0.2, 0.25) is 0 Å². The predicted molar refractivity (Wildman–Crippen MR) is 265 cm³/mol. The number of hydrogen-bond donors (Lipinski definition) is 4. The van der Waals surface area contributed by atoms with Gasteiger partial charge in [0.15, 0.2) is 0 Å². The van der Waals surface area contributed by atoms with Crippen molar-refractivity contribution in [2.75, 3.05) is 82.5 Å². The highest BCUT2D eigenvalue weighted by molar-refractivity contribution is 6.05. The highest BCUT2D eigenvalue weighted by Gasteiger charge is 2.46. The molecular weight excluding hydrogens is 1040 g/mol. The molecule has 0 fully saturated rings. The molecule has 6 rings (SSSR count). The van der Waals surface area contributed by atoms with Gasteiger partial charge in [-0.3, -0.25) is 19.4 Å². The molecule has 0 aliphatic carbocycles. The number of allylic oxidation sites excluding steroid dienone is 2. The summed E-state index contributed by atoms with van der Waals surface area (Å²) < 4.78 is 94.0. The molecule has 2 unspecified atom stereocenters. The lowest BCUT2D eigenvalue weighted by Crippen LogP contribution is -2.54. The van der Waals surface area contributed by atoms with E-state index in [9.17, 15) is 75.8 Å². The number of anilines is 2. The minimum atomic E-state index is -4.82. The van der Waals surface area contributed by atoms with Gasteiger partial charge in [0, 0.05) is 37.6 Å². The van der Waals surface area contributed by atoms with Gasteiger partial charge >= 0.3 is 36.4 Å². The van der Waals surface area contributed by atoms with E-state index in [1.165, 1.54) is 74.5 Å². The molecule has 78 heavy (non-hydrogen) atoms. The highest BCUT2D eigenvalue weighted by atomic mass is 19.4. The van der Waals surface area contributed by atoms with Crippen molar-refractivity contribution < 1.29 is 74.8 Å². The van der Waals surface area contributed by atoms with Gasteiger partial charge < -0.3 is 45.0 Å². The third-order valence-corrected chi connectivity index (χ3v) is 12.4. The largest absolute Gasteiger partial charge is 0.460 e. The van der Waals surface area contributed by atoms with Gasteiger partial charge in [0.05, 0.1) is 82.2 Å². The molecule has 2 atom stereocenters. The Hall–Kier alpha value is -8.78. The fourth-order valence-electron chi connectivity index (χ4n) is 8.71. The summed E-state index contributed by atoms with van der Waals surface area (Å²) in [6.07, 6.45) is -9.65. The Labute approximate surface area is 442 Å². The number of alkyl halides is 6. The lowest BCUT2D eigenvalue weighted by atomic mass is 9.92. The van der Waals surface area contributed by atoms with Crippen molar-refractivity contribution in [2.24, 2.45) is 0 Å². The van der Waals surface area contributed by atoms with Gasteiger partial charge in [-0.15, -0.1) is 0 Å². The molecule has 4 aromatic carbocycles. The molecule has 0 spiro atoms. The number of amides is 6. The van der Waals surface area contributed by atoms with E-state index in [2.05, 4.69) is 10.6 Å². The standard InChI is InChI=1S/C53H51F6N9O10/c1-32-44(48(73)77-24-22-69)46(36-14-10-34(28-60)11-15-36)65(50(75)67(32)40-8-4-6-38(26-40)52(54,55)56)30-42(71)62-18-20-64(3)21-19-63-43(72)31-66-47(37-16-12-35(29-61)13-17-37)45(49(74)78-25-23-70)33(2)68(51(66)76)41-9-5-7-39(27-41)53(57,58)59/h4-17,26-27,46-47,69-70H,18-25,30-31H2,1-3H3,(H,62,71)(H,63,72). The molecule has 2 aliphatic heterocycles. The van der Waals surface area contributed by atoms with E-state index in [4.69, 9.17) is 9.47 Å². The molecular formula is C53H51F6N9O10. The number of urea groups is 2. The number of hydrogen-bond acceptors (Lipinski definition) is 13. The van der Waals surface area contributed by atoms with Crippen LogP contribution in [0.1, 0.15) is 59.3 Å². The minimum absolute atomic E-state index is 0.0782. The van der Waals surface area contributed by atoms with Gasteiger partial charge in [0.2, 0.25) is 11.8 Å². The van der Waals surface area contributed by atoms with Crippen molar-refractivity contribution >= 4 is 47.2 Å². The second-order valence-electron chi connectivity index (χ2n) is 17.6. The average Bonchev–Trinajstić information content (AvgIpc) is 3.60. The third-order valence-electron chi connectivity index (χ3n) is 12.4. The first kappa shape index (κ1) is 58.5. The summed E-state index contributed by atoms with van der Waals surface area (Å²) in [5, 5.41) is 43.2. The van der Waals surface area contributed by atoms with Crippen molar-refractivity contribution in [2.45, 2.75) is 38.3 Å². The molecule has 410 valence electrons. The summed E-state index contributed by atoms with van der Waals surface area (Å²) >= 11 is 0. The Kier molecular flexibility index (Phi) is 19.0. The number of nitrogens with zero attached hydrogens (tertiary/aromatic N) is 7. The third kappa shape index (κ3) is 13.6. The Morgan fingerprint density at radius 3 is 1.29 bits per heavy atom. The maximum atomic E-state index is 14.5. The van der Waals surface area contributed by atoms with Gasteiger partial charge in [-0.05, 0) is 92.7 Å². The summed E-state index contributed by atoms with van der Waals surface area (Å²) in [7, 11) is 1.62. The van der Waals surface area contributed by atoms with Crippen LogP contribution in [-0.4, -0.2) is 133 Å². The molecule has 0 radical (unpaired) electrons. The van der Waals surface area contributed by atoms with Crippen molar-refractivity contribution in [3.05, 3.63) is 153 Å². The number of ether oxygens (including phenoxy) is 2. The fraction of sp³-hybridized carbons (Fsp3) is 0.321. The molecule has 4 aromatic rings. The first-order valence-corrected chi connectivity index (χ1v) is 23.8. The van der Waals surface area contributed by atoms with Crippen LogP contribution in [0.15, 0.2) is 120 Å². The Morgan fingerprint density at radius 1 is 0.615 bits per heavy atom. The van der Waals surface area contributed by atoms with Crippen LogP contribution in [0.25, 0.3) is 0 Å². The van der Waals surface area contributed by atoms with Crippen LogP contribution in [0, 0.1) is 22.7 Å². The number of aliphatic hydroxyl groups excluding tert-OH is 2. The van der Waals surface area contributed by atoms with Crippen molar-refractivity contribution in [3.8, 4) is 12.1 Å². The summed E-state index contributed by atoms with van der Waals surface area (Å²) in [5.74, 6) is -3.66. The SMILES string of the molecule is CC1=C(C(=O)OCCO)C(c2ccc(C#N)cc2)N(CC(=O)NCCN(C)CCNC(=O)CN2C(=O)N(c3cccc(C(F)(F)F)c3)C(C)=C(C(=O)OCCO)C2c2ccc(C#N)cc2)C(=O)N1c1cccc(C(F)(F)F)c1. The number of likely N-dealkylation sites (N-methyl/N-ethyl adjacent to an activating group) is 1. The molecule has 0 saturated carbocycles. The Morgan fingerprint density at radius 2 is 0.974 bits per heavy atom. The normalized spacial score (nSPS) is 16.0. The van der Waals surface area contributed by atoms with Crippen LogP contribution < -0.4 is 20.4 Å². The van der Waals surface area contributed by atoms with Gasteiger partial charge in [0.25, 0.3) is 0 Å². The zero-order valence-electron chi connectivity index (χ0n) is 42.0. The van der Waals surface area contributed by atoms with E-state index >= 15 is 0 Å². The second kappa shape index (κ2) is 25.4. The molecule has 6 amide bonds. The van der Waals surface area contributed by atoms with E-state index in [0.717, 1.165) is 43.9 Å². The van der Waals surface area contributed by atoms with Crippen LogP contribution in [0.3, 0.4) is 0 Å². The number of esters is 2. The molecule has 25 heteroatoms. The Balaban J connectivity index is 1.18. The van der Waals surface area contributed by atoms with Gasteiger partial charge in [0.1, 0.15) is 26.3 Å². The lowest BCUT2D eigenvalue weighted by molar-refractivity contribution is -0.141. The van der Waals surface area contributed by atoms with E-state index < -0.39 is 111 Å². The maximum Gasteiger partial charge on any atom is 0.416 e. The van der Waals surface area contributed by atoms with Gasteiger partial charge in [-0.25, -0.2) is 19.2 Å². The summed E-state index contributed by atoms with van der Waals surface area (Å²) in [5.41, 5.74) is -2.71. The first-order chi connectivity index (χ1) is 37.0. The summed E-state index contributed by atoms with van der Waals surface area (Å²) in [6, 6.07) is 18.0. The molecule has 2 heterocycles. The van der Waals surface area contributed by atoms with Crippen molar-refractivity contribution in [1.82, 2.24) is 25.3 Å². The zero-order valence-corrected chi connectivity index (χ0v) is 42.0. The molecule has 0 aromatic heterocycles. The number of nitrogens with one attached hydrogen (secondary N) is 2. The number of carbonyl (C=O) groups is 6. The topological polar surface area (TPSA) is 249 Å². The van der Waals surface area contributed by atoms with Crippen LogP contribution in [-0.2, 0) is 41.0 Å². The number of carbonyl (C=O) groups excluding carboxylic acids is 6. The van der Waals surface area contributed by atoms with Gasteiger partial charge in [-0.2, -0.15) is 36.9 Å². The van der Waals surface area contributed by atoms with Gasteiger partial charge in [-0.1, -0.05) is 36.4 Å². The summed E-state index contributed by atoms with van der Waals surface area (Å²) in [6.45, 7) is -0.991.